The van der Waals surface area contributed by atoms with Crippen molar-refractivity contribution in [2.24, 2.45) is 0 Å². The topological polar surface area (TPSA) is 18.5 Å². The van der Waals surface area contributed by atoms with Gasteiger partial charge >= 0.3 is 6.36 Å². The predicted octanol–water partition coefficient (Wildman–Crippen LogP) is 6.14. The summed E-state index contributed by atoms with van der Waals surface area (Å²) in [5.41, 5.74) is 1.20. The Hall–Kier alpha value is -1.17. The van der Waals surface area contributed by atoms with E-state index < -0.39 is 14.7 Å². The van der Waals surface area contributed by atoms with Gasteiger partial charge in [0.25, 0.3) is 8.32 Å². The molecule has 0 radical (unpaired) electrons. The highest BCUT2D eigenvalue weighted by Crippen LogP contribution is 2.42. The molecular weight excluding hydrogens is 309 g/mol. The van der Waals surface area contributed by atoms with Crippen molar-refractivity contribution in [3.63, 3.8) is 0 Å². The number of hydrogen-bond donors (Lipinski definition) is 0. The van der Waals surface area contributed by atoms with E-state index in [9.17, 15) is 13.2 Å². The molecule has 0 fully saturated rings. The van der Waals surface area contributed by atoms with Gasteiger partial charge in [0.15, 0.2) is 0 Å². The van der Waals surface area contributed by atoms with Crippen LogP contribution in [0.5, 0.6) is 11.5 Å². The molecule has 22 heavy (non-hydrogen) atoms. The molecule has 0 aliphatic heterocycles. The second-order valence-corrected chi connectivity index (χ2v) is 11.8. The highest BCUT2D eigenvalue weighted by Gasteiger charge is 2.47. The zero-order chi connectivity index (χ0) is 17.1. The van der Waals surface area contributed by atoms with E-state index in [-0.39, 0.29) is 5.75 Å². The summed E-state index contributed by atoms with van der Waals surface area (Å²) < 4.78 is 46.8. The summed E-state index contributed by atoms with van der Waals surface area (Å²) in [7, 11) is -2.10. The summed E-state index contributed by atoms with van der Waals surface area (Å²) in [6.07, 6.45) is -4.67. The Morgan fingerprint density at radius 3 is 1.45 bits per heavy atom. The van der Waals surface area contributed by atoms with Gasteiger partial charge in [-0.05, 0) is 40.9 Å². The SMILES string of the molecule is CC(C)[Si](Oc1ccc(OC(F)(F)F)cc1)(C(C)C)C(C)C. The summed E-state index contributed by atoms with van der Waals surface area (Å²) >= 11 is 0. The number of ether oxygens (including phenoxy) is 1. The number of alkyl halides is 3. The molecule has 126 valence electrons. The normalized spacial score (nSPS) is 13.1. The fourth-order valence-electron chi connectivity index (χ4n) is 3.27. The molecule has 1 rings (SSSR count). The van der Waals surface area contributed by atoms with Crippen molar-refractivity contribution in [1.29, 1.82) is 0 Å². The van der Waals surface area contributed by atoms with Gasteiger partial charge in [0.2, 0.25) is 0 Å². The van der Waals surface area contributed by atoms with Gasteiger partial charge in [-0.25, -0.2) is 0 Å². The molecule has 0 atom stereocenters. The van der Waals surface area contributed by atoms with E-state index in [0.717, 1.165) is 0 Å². The Kier molecular flexibility index (Phi) is 5.95. The first-order valence-corrected chi connectivity index (χ1v) is 9.68. The van der Waals surface area contributed by atoms with Gasteiger partial charge in [-0.3, -0.25) is 0 Å². The van der Waals surface area contributed by atoms with Crippen LogP contribution < -0.4 is 9.16 Å². The Balaban J connectivity index is 3.00. The second kappa shape index (κ2) is 6.94. The van der Waals surface area contributed by atoms with Gasteiger partial charge in [-0.1, -0.05) is 41.5 Å². The van der Waals surface area contributed by atoms with Crippen molar-refractivity contribution in [1.82, 2.24) is 0 Å². The van der Waals surface area contributed by atoms with Crippen LogP contribution in [0.3, 0.4) is 0 Å². The first-order valence-electron chi connectivity index (χ1n) is 7.53. The third-order valence-corrected chi connectivity index (χ3v) is 10.1. The van der Waals surface area contributed by atoms with E-state index in [0.29, 0.717) is 22.4 Å². The molecule has 0 saturated heterocycles. The zero-order valence-electron chi connectivity index (χ0n) is 14.0. The van der Waals surface area contributed by atoms with Crippen molar-refractivity contribution in [3.8, 4) is 11.5 Å². The fraction of sp³-hybridized carbons (Fsp3) is 0.625. The lowest BCUT2D eigenvalue weighted by atomic mass is 10.3. The smallest absolute Gasteiger partial charge is 0.543 e. The Morgan fingerprint density at radius 1 is 0.773 bits per heavy atom. The molecule has 0 aliphatic carbocycles. The Labute approximate surface area is 131 Å². The molecule has 0 N–H and O–H groups in total. The van der Waals surface area contributed by atoms with Crippen molar-refractivity contribution < 1.29 is 22.3 Å². The monoisotopic (exact) mass is 334 g/mol. The summed E-state index contributed by atoms with van der Waals surface area (Å²) in [6, 6.07) is 5.69. The first kappa shape index (κ1) is 18.9. The van der Waals surface area contributed by atoms with Crippen LogP contribution in [0.2, 0.25) is 16.6 Å². The van der Waals surface area contributed by atoms with Gasteiger partial charge in [-0.15, -0.1) is 13.2 Å². The Morgan fingerprint density at radius 2 is 1.14 bits per heavy atom. The molecule has 0 bridgehead atoms. The molecule has 2 nitrogen and oxygen atoms in total. The summed E-state index contributed by atoms with van der Waals surface area (Å²) in [6.45, 7) is 13.0. The summed E-state index contributed by atoms with van der Waals surface area (Å²) in [4.78, 5) is 0. The number of benzene rings is 1. The van der Waals surface area contributed by atoms with Crippen molar-refractivity contribution in [2.45, 2.75) is 64.5 Å². The van der Waals surface area contributed by atoms with E-state index in [2.05, 4.69) is 46.3 Å². The highest BCUT2D eigenvalue weighted by molar-refractivity contribution is 6.78. The van der Waals surface area contributed by atoms with Crippen LogP contribution in [-0.4, -0.2) is 14.7 Å². The van der Waals surface area contributed by atoms with Crippen LogP contribution >= 0.6 is 0 Å². The Bertz CT molecular complexity index is 445. The van der Waals surface area contributed by atoms with Crippen molar-refractivity contribution in [3.05, 3.63) is 24.3 Å². The quantitative estimate of drug-likeness (QED) is 0.582. The van der Waals surface area contributed by atoms with Crippen LogP contribution in [0.4, 0.5) is 13.2 Å². The lowest BCUT2D eigenvalue weighted by molar-refractivity contribution is -0.274. The second-order valence-electron chi connectivity index (χ2n) is 6.44. The van der Waals surface area contributed by atoms with Crippen molar-refractivity contribution >= 4 is 8.32 Å². The zero-order valence-corrected chi connectivity index (χ0v) is 15.0. The van der Waals surface area contributed by atoms with Crippen molar-refractivity contribution in [2.75, 3.05) is 0 Å². The molecule has 0 spiro atoms. The van der Waals surface area contributed by atoms with Gasteiger partial charge in [0, 0.05) is 0 Å². The van der Waals surface area contributed by atoms with Crippen LogP contribution in [0, 0.1) is 0 Å². The van der Waals surface area contributed by atoms with E-state index in [1.54, 1.807) is 12.1 Å². The third-order valence-electron chi connectivity index (χ3n) is 4.06. The van der Waals surface area contributed by atoms with Gasteiger partial charge in [0.1, 0.15) is 11.5 Å². The van der Waals surface area contributed by atoms with Crippen LogP contribution in [0.15, 0.2) is 24.3 Å². The minimum Gasteiger partial charge on any atom is -0.543 e. The first-order chi connectivity index (χ1) is 9.99. The minimum atomic E-state index is -4.67. The molecule has 1 aromatic carbocycles. The largest absolute Gasteiger partial charge is 0.573 e. The molecule has 0 heterocycles. The van der Waals surface area contributed by atoms with E-state index in [1.165, 1.54) is 12.1 Å². The summed E-state index contributed by atoms with van der Waals surface area (Å²) in [5, 5.41) is 0. The van der Waals surface area contributed by atoms with Gasteiger partial charge in [0.05, 0.1) is 0 Å². The van der Waals surface area contributed by atoms with E-state index in [4.69, 9.17) is 4.43 Å². The molecule has 0 unspecified atom stereocenters. The number of rotatable bonds is 6. The third kappa shape index (κ3) is 4.41. The molecule has 0 aliphatic rings. The number of hydrogen-bond acceptors (Lipinski definition) is 2. The van der Waals surface area contributed by atoms with Crippen LogP contribution in [0.1, 0.15) is 41.5 Å². The molecule has 0 amide bonds. The van der Waals surface area contributed by atoms with Crippen LogP contribution in [-0.2, 0) is 0 Å². The average Bonchev–Trinajstić information content (AvgIpc) is 2.34. The average molecular weight is 334 g/mol. The lowest BCUT2D eigenvalue weighted by Gasteiger charge is -2.42. The summed E-state index contributed by atoms with van der Waals surface area (Å²) in [5.74, 6) is 0.378. The highest BCUT2D eigenvalue weighted by atomic mass is 28.4. The standard InChI is InChI=1S/C16H25F3O2Si/c1-11(2)22(12(3)4,13(5)6)21-15-9-7-14(8-10-15)20-16(17,18)19/h7-13H,1-6H3. The van der Waals surface area contributed by atoms with Crippen LogP contribution in [0.25, 0.3) is 0 Å². The molecule has 0 aromatic heterocycles. The van der Waals surface area contributed by atoms with E-state index in [1.807, 2.05) is 0 Å². The number of halogens is 3. The van der Waals surface area contributed by atoms with Gasteiger partial charge in [-0.2, -0.15) is 0 Å². The van der Waals surface area contributed by atoms with E-state index >= 15 is 0 Å². The predicted molar refractivity (Wildman–Crippen MR) is 84.8 cm³/mol. The molecule has 6 heteroatoms. The molecule has 0 saturated carbocycles. The maximum atomic E-state index is 12.2. The lowest BCUT2D eigenvalue weighted by Crippen LogP contribution is -2.50. The van der Waals surface area contributed by atoms with Gasteiger partial charge < -0.3 is 9.16 Å². The molecular formula is C16H25F3O2Si. The molecule has 1 aromatic rings. The fourth-order valence-corrected chi connectivity index (χ4v) is 8.52. The maximum Gasteiger partial charge on any atom is 0.573 e. The minimum absolute atomic E-state index is 0.231. The maximum absolute atomic E-state index is 12.2.